The number of urea groups is 1. The monoisotopic (exact) mass is 391 g/mol. The van der Waals surface area contributed by atoms with Crippen LogP contribution >= 0.6 is 0 Å². The Hall–Kier alpha value is -3.30. The molecule has 2 aliphatic rings. The first-order valence-electron chi connectivity index (χ1n) is 8.56. The molecule has 1 fully saturated rings. The summed E-state index contributed by atoms with van der Waals surface area (Å²) in [6.45, 7) is 0.399. The number of nitrogen functional groups attached to an aromatic ring is 1. The van der Waals surface area contributed by atoms with E-state index in [0.717, 1.165) is 12.1 Å². The Balaban J connectivity index is 1.40. The number of nitrogens with zero attached hydrogens (tertiary/aromatic N) is 4. The fraction of sp³-hybridized carbons (Fsp3) is 0.278. The van der Waals surface area contributed by atoms with E-state index in [4.69, 9.17) is 10.5 Å². The molecule has 0 bridgehead atoms. The zero-order chi connectivity index (χ0) is 19.8. The second-order valence-electron chi connectivity index (χ2n) is 6.55. The van der Waals surface area contributed by atoms with Gasteiger partial charge in [-0.3, -0.25) is 0 Å². The third-order valence-electron chi connectivity index (χ3n) is 4.53. The molecular formula is C18H16F3N5O2. The Morgan fingerprint density at radius 1 is 1.14 bits per heavy atom. The highest BCUT2D eigenvalue weighted by Crippen LogP contribution is 2.31. The average molecular weight is 391 g/mol. The predicted octanol–water partition coefficient (Wildman–Crippen LogP) is 2.70. The lowest BCUT2D eigenvalue weighted by molar-refractivity contribution is 0.0231. The van der Waals surface area contributed by atoms with E-state index in [-0.39, 0.29) is 24.8 Å². The predicted molar refractivity (Wildman–Crippen MR) is 94.0 cm³/mol. The third kappa shape index (κ3) is 3.45. The highest BCUT2D eigenvalue weighted by Gasteiger charge is 2.39. The lowest BCUT2D eigenvalue weighted by Gasteiger charge is -2.40. The van der Waals surface area contributed by atoms with Gasteiger partial charge in [-0.25, -0.2) is 23.0 Å². The van der Waals surface area contributed by atoms with Crippen molar-refractivity contribution in [2.45, 2.75) is 18.6 Å². The molecule has 28 heavy (non-hydrogen) atoms. The largest absolute Gasteiger partial charge is 0.468 e. The van der Waals surface area contributed by atoms with E-state index >= 15 is 0 Å². The minimum absolute atomic E-state index is 0.125. The van der Waals surface area contributed by atoms with E-state index in [2.05, 4.69) is 10.1 Å². The van der Waals surface area contributed by atoms with E-state index in [1.165, 1.54) is 34.3 Å². The molecular weight excluding hydrogens is 375 g/mol. The Bertz CT molecular complexity index is 929. The van der Waals surface area contributed by atoms with Gasteiger partial charge in [0.25, 0.3) is 5.88 Å². The molecule has 10 heteroatoms. The highest BCUT2D eigenvalue weighted by molar-refractivity contribution is 5.79. The summed E-state index contributed by atoms with van der Waals surface area (Å²) in [4.78, 5) is 17.9. The number of carbonyl (C=O) groups excluding carboxylic acids is 1. The first-order valence-corrected chi connectivity index (χ1v) is 8.56. The molecule has 0 radical (unpaired) electrons. The number of hydrogen-bond donors (Lipinski definition) is 1. The number of rotatable bonds is 3. The standard InChI is InChI=1S/C18H16F3N5O2/c19-11-5-10(6-12(20)7-11)15-3-4-23-26(15)18(27)25-8-13(9-25)28-17-14(21)1-2-16(22)24-17/h1-2,4-7,13,15H,3,8-9H2,(H2,22,24). The Labute approximate surface area is 158 Å². The number of carbonyl (C=O) groups is 1. The van der Waals surface area contributed by atoms with E-state index in [9.17, 15) is 18.0 Å². The van der Waals surface area contributed by atoms with E-state index in [0.29, 0.717) is 12.0 Å². The van der Waals surface area contributed by atoms with Gasteiger partial charge in [-0.1, -0.05) is 0 Å². The first-order chi connectivity index (χ1) is 13.4. The third-order valence-corrected chi connectivity index (χ3v) is 4.53. The molecule has 7 nitrogen and oxygen atoms in total. The Kier molecular flexibility index (Phi) is 4.54. The van der Waals surface area contributed by atoms with Crippen molar-refractivity contribution in [2.24, 2.45) is 5.10 Å². The van der Waals surface area contributed by atoms with Gasteiger partial charge < -0.3 is 15.4 Å². The summed E-state index contributed by atoms with van der Waals surface area (Å²) in [5.41, 5.74) is 5.84. The van der Waals surface area contributed by atoms with Crippen LogP contribution < -0.4 is 10.5 Å². The van der Waals surface area contributed by atoms with Crippen LogP contribution in [0.2, 0.25) is 0 Å². The number of amides is 2. The summed E-state index contributed by atoms with van der Waals surface area (Å²) >= 11 is 0. The van der Waals surface area contributed by atoms with Crippen molar-refractivity contribution in [2.75, 3.05) is 18.8 Å². The van der Waals surface area contributed by atoms with Gasteiger partial charge in [0.05, 0.1) is 19.1 Å². The molecule has 1 atom stereocenters. The van der Waals surface area contributed by atoms with Crippen molar-refractivity contribution in [3.8, 4) is 5.88 Å². The maximum Gasteiger partial charge on any atom is 0.341 e. The van der Waals surface area contributed by atoms with Crippen LogP contribution in [0.15, 0.2) is 35.4 Å². The second kappa shape index (κ2) is 7.02. The van der Waals surface area contributed by atoms with Gasteiger partial charge in [-0.15, -0.1) is 0 Å². The first kappa shape index (κ1) is 18.1. The van der Waals surface area contributed by atoms with Crippen LogP contribution in [0.1, 0.15) is 18.0 Å². The minimum atomic E-state index is -0.719. The number of pyridine rings is 1. The van der Waals surface area contributed by atoms with Crippen LogP contribution in [0.3, 0.4) is 0 Å². The number of anilines is 1. The van der Waals surface area contributed by atoms with Crippen molar-refractivity contribution >= 4 is 18.1 Å². The number of halogens is 3. The molecule has 0 aliphatic carbocycles. The Morgan fingerprint density at radius 3 is 2.57 bits per heavy atom. The number of nitrogens with two attached hydrogens (primary N) is 1. The normalized spacial score (nSPS) is 19.0. The summed E-state index contributed by atoms with van der Waals surface area (Å²) in [6.07, 6.45) is 1.43. The molecule has 2 aliphatic heterocycles. The molecule has 0 spiro atoms. The van der Waals surface area contributed by atoms with Crippen LogP contribution in [-0.2, 0) is 0 Å². The molecule has 1 saturated heterocycles. The summed E-state index contributed by atoms with van der Waals surface area (Å²) in [5.74, 6) is -2.17. The summed E-state index contributed by atoms with van der Waals surface area (Å²) in [5, 5.41) is 5.22. The number of hydrogen-bond acceptors (Lipinski definition) is 5. The van der Waals surface area contributed by atoms with E-state index in [1.54, 1.807) is 0 Å². The fourth-order valence-electron chi connectivity index (χ4n) is 3.13. The van der Waals surface area contributed by atoms with Crippen molar-refractivity contribution < 1.29 is 22.7 Å². The Morgan fingerprint density at radius 2 is 1.86 bits per heavy atom. The van der Waals surface area contributed by atoms with Gasteiger partial charge in [0.2, 0.25) is 0 Å². The van der Waals surface area contributed by atoms with Gasteiger partial charge in [0, 0.05) is 18.7 Å². The van der Waals surface area contributed by atoms with Crippen molar-refractivity contribution in [3.05, 3.63) is 53.3 Å². The zero-order valence-corrected chi connectivity index (χ0v) is 14.6. The van der Waals surface area contributed by atoms with Gasteiger partial charge >= 0.3 is 6.03 Å². The summed E-state index contributed by atoms with van der Waals surface area (Å²) in [6, 6.07) is 4.58. The molecule has 3 heterocycles. The van der Waals surface area contributed by atoms with Crippen LogP contribution in [0, 0.1) is 17.5 Å². The van der Waals surface area contributed by atoms with Gasteiger partial charge in [-0.2, -0.15) is 10.1 Å². The average Bonchev–Trinajstić information content (AvgIpc) is 3.09. The van der Waals surface area contributed by atoms with Gasteiger partial charge in [0.1, 0.15) is 23.6 Å². The lowest BCUT2D eigenvalue weighted by Crippen LogP contribution is -2.59. The smallest absolute Gasteiger partial charge is 0.341 e. The molecule has 0 saturated carbocycles. The SMILES string of the molecule is Nc1ccc(F)c(OC2CN(C(=O)N3N=CCC3c3cc(F)cc(F)c3)C2)n1. The van der Waals surface area contributed by atoms with E-state index in [1.807, 2.05) is 0 Å². The lowest BCUT2D eigenvalue weighted by atomic mass is 10.0. The minimum Gasteiger partial charge on any atom is -0.468 e. The number of ether oxygens (including phenoxy) is 1. The molecule has 4 rings (SSSR count). The fourth-order valence-corrected chi connectivity index (χ4v) is 3.13. The summed E-state index contributed by atoms with van der Waals surface area (Å²) in [7, 11) is 0. The maximum absolute atomic E-state index is 13.7. The van der Waals surface area contributed by atoms with Crippen LogP contribution in [0.4, 0.5) is 23.8 Å². The van der Waals surface area contributed by atoms with Crippen LogP contribution in [0.5, 0.6) is 5.88 Å². The molecule has 1 unspecified atom stereocenters. The quantitative estimate of drug-likeness (QED) is 0.872. The number of hydrazone groups is 1. The number of likely N-dealkylation sites (tertiary alicyclic amines) is 1. The van der Waals surface area contributed by atoms with Gasteiger partial charge in [-0.05, 0) is 29.8 Å². The topological polar surface area (TPSA) is 84.0 Å². The highest BCUT2D eigenvalue weighted by atomic mass is 19.1. The molecule has 2 N–H and O–H groups in total. The molecule has 2 amide bonds. The van der Waals surface area contributed by atoms with Crippen molar-refractivity contribution in [3.63, 3.8) is 0 Å². The molecule has 2 aromatic rings. The number of benzene rings is 1. The summed E-state index contributed by atoms with van der Waals surface area (Å²) < 4.78 is 46.1. The second-order valence-corrected chi connectivity index (χ2v) is 6.55. The van der Waals surface area contributed by atoms with Crippen molar-refractivity contribution in [1.29, 1.82) is 0 Å². The maximum atomic E-state index is 13.7. The van der Waals surface area contributed by atoms with Crippen molar-refractivity contribution in [1.82, 2.24) is 14.9 Å². The zero-order valence-electron chi connectivity index (χ0n) is 14.6. The molecule has 1 aromatic heterocycles. The molecule has 146 valence electrons. The van der Waals surface area contributed by atoms with Crippen LogP contribution in [0.25, 0.3) is 0 Å². The van der Waals surface area contributed by atoms with Gasteiger partial charge in [0.15, 0.2) is 5.82 Å². The molecule has 1 aromatic carbocycles. The van der Waals surface area contributed by atoms with E-state index < -0.39 is 35.6 Å². The number of aromatic nitrogens is 1. The van der Waals surface area contributed by atoms with Crippen LogP contribution in [-0.4, -0.2) is 46.3 Å².